The third-order valence-corrected chi connectivity index (χ3v) is 3.03. The molecule has 0 saturated carbocycles. The number of hydrogen-bond donors (Lipinski definition) is 1. The molecule has 0 atom stereocenters. The van der Waals surface area contributed by atoms with Crippen LogP contribution in [-0.4, -0.2) is 10.9 Å². The molecule has 0 radical (unpaired) electrons. The van der Waals surface area contributed by atoms with Gasteiger partial charge in [-0.25, -0.2) is 0 Å². The van der Waals surface area contributed by atoms with Crippen LogP contribution in [0.2, 0.25) is 0 Å². The number of hydrogen-bond acceptors (Lipinski definition) is 2. The smallest absolute Gasteiger partial charge is 0.257 e. The summed E-state index contributed by atoms with van der Waals surface area (Å²) in [6, 6.07) is 11.5. The molecule has 17 heavy (non-hydrogen) atoms. The Balaban J connectivity index is 2.06. The van der Waals surface area contributed by atoms with Crippen LogP contribution in [0.4, 0.5) is 5.69 Å². The number of nitrogens with zero attached hydrogens (tertiary/aromatic N) is 1. The van der Waals surface area contributed by atoms with Crippen molar-refractivity contribution in [3.63, 3.8) is 0 Å². The predicted molar refractivity (Wildman–Crippen MR) is 66.0 cm³/mol. The van der Waals surface area contributed by atoms with E-state index in [1.165, 1.54) is 0 Å². The van der Waals surface area contributed by atoms with Gasteiger partial charge in [0.15, 0.2) is 0 Å². The Kier molecular flexibility index (Phi) is 2.37. The number of para-hydroxylation sites is 1. The number of aryl methyl sites for hydroxylation is 2. The van der Waals surface area contributed by atoms with E-state index in [4.69, 9.17) is 0 Å². The number of benzene rings is 1. The van der Waals surface area contributed by atoms with E-state index in [2.05, 4.69) is 10.3 Å². The van der Waals surface area contributed by atoms with Crippen LogP contribution in [0.1, 0.15) is 21.6 Å². The van der Waals surface area contributed by atoms with Gasteiger partial charge in [-0.3, -0.25) is 9.78 Å². The SMILES string of the molecule is O=C1Nc2ccccc2CCc2ncccc21. The zero-order chi connectivity index (χ0) is 11.7. The minimum atomic E-state index is -0.0692. The molecule has 2 heterocycles. The molecule has 3 nitrogen and oxygen atoms in total. The molecule has 1 amide bonds. The van der Waals surface area contributed by atoms with Crippen molar-refractivity contribution < 1.29 is 4.79 Å². The number of fused-ring (bicyclic) bond motifs is 2. The summed E-state index contributed by atoms with van der Waals surface area (Å²) < 4.78 is 0. The highest BCUT2D eigenvalue weighted by Gasteiger charge is 2.17. The molecule has 0 aliphatic carbocycles. The molecular formula is C14H12N2O. The molecule has 0 spiro atoms. The molecule has 1 aromatic carbocycles. The molecule has 0 bridgehead atoms. The predicted octanol–water partition coefficient (Wildman–Crippen LogP) is 2.43. The Labute approximate surface area is 99.5 Å². The van der Waals surface area contributed by atoms with E-state index >= 15 is 0 Å². The number of carbonyl (C=O) groups excluding carboxylic acids is 1. The standard InChI is InChI=1S/C14H12N2O/c17-14-11-5-3-9-15-13(11)8-7-10-4-1-2-6-12(10)16-14/h1-6,9H,7-8H2,(H,16,17). The van der Waals surface area contributed by atoms with Gasteiger partial charge in [0.05, 0.1) is 11.3 Å². The van der Waals surface area contributed by atoms with E-state index < -0.39 is 0 Å². The van der Waals surface area contributed by atoms with Crippen molar-refractivity contribution in [1.29, 1.82) is 0 Å². The first-order valence-corrected chi connectivity index (χ1v) is 5.68. The fourth-order valence-electron chi connectivity index (χ4n) is 2.15. The molecule has 2 aromatic rings. The van der Waals surface area contributed by atoms with Crippen molar-refractivity contribution in [2.75, 3.05) is 5.32 Å². The van der Waals surface area contributed by atoms with Crippen LogP contribution in [0.25, 0.3) is 0 Å². The van der Waals surface area contributed by atoms with E-state index in [0.717, 1.165) is 29.8 Å². The molecule has 3 heteroatoms. The Morgan fingerprint density at radius 1 is 1.06 bits per heavy atom. The molecule has 0 fully saturated rings. The van der Waals surface area contributed by atoms with E-state index in [-0.39, 0.29) is 5.91 Å². The first-order chi connectivity index (χ1) is 8.34. The minimum Gasteiger partial charge on any atom is -0.322 e. The van der Waals surface area contributed by atoms with Gasteiger partial charge in [0.1, 0.15) is 0 Å². The number of rotatable bonds is 0. The van der Waals surface area contributed by atoms with Crippen molar-refractivity contribution in [2.45, 2.75) is 12.8 Å². The highest BCUT2D eigenvalue weighted by Crippen LogP contribution is 2.22. The van der Waals surface area contributed by atoms with E-state index in [1.54, 1.807) is 12.3 Å². The molecule has 0 unspecified atom stereocenters. The van der Waals surface area contributed by atoms with Gasteiger partial charge >= 0.3 is 0 Å². The maximum atomic E-state index is 12.1. The molecule has 1 aliphatic heterocycles. The van der Waals surface area contributed by atoms with Gasteiger partial charge in [0.2, 0.25) is 0 Å². The number of carbonyl (C=O) groups is 1. The molecule has 84 valence electrons. The van der Waals surface area contributed by atoms with E-state index in [1.807, 2.05) is 30.3 Å². The van der Waals surface area contributed by atoms with Crippen LogP contribution in [0, 0.1) is 0 Å². The van der Waals surface area contributed by atoms with Crippen LogP contribution < -0.4 is 5.32 Å². The quantitative estimate of drug-likeness (QED) is 0.746. The highest BCUT2D eigenvalue weighted by molar-refractivity contribution is 6.05. The minimum absolute atomic E-state index is 0.0692. The monoisotopic (exact) mass is 224 g/mol. The number of nitrogens with one attached hydrogen (secondary N) is 1. The number of amides is 1. The lowest BCUT2D eigenvalue weighted by Crippen LogP contribution is -2.19. The molecular weight excluding hydrogens is 212 g/mol. The van der Waals surface area contributed by atoms with Crippen LogP contribution >= 0.6 is 0 Å². The van der Waals surface area contributed by atoms with Gasteiger partial charge < -0.3 is 5.32 Å². The van der Waals surface area contributed by atoms with Gasteiger partial charge in [-0.15, -0.1) is 0 Å². The number of aromatic nitrogens is 1. The summed E-state index contributed by atoms with van der Waals surface area (Å²) >= 11 is 0. The van der Waals surface area contributed by atoms with E-state index in [0.29, 0.717) is 5.56 Å². The Morgan fingerprint density at radius 2 is 1.94 bits per heavy atom. The lowest BCUT2D eigenvalue weighted by atomic mass is 10.00. The second-order valence-electron chi connectivity index (χ2n) is 4.11. The van der Waals surface area contributed by atoms with Crippen LogP contribution in [0.15, 0.2) is 42.6 Å². The van der Waals surface area contributed by atoms with Crippen molar-refractivity contribution in [2.24, 2.45) is 0 Å². The number of pyridine rings is 1. The fourth-order valence-corrected chi connectivity index (χ4v) is 2.15. The van der Waals surface area contributed by atoms with Gasteiger partial charge in [0, 0.05) is 11.9 Å². The molecule has 1 aromatic heterocycles. The van der Waals surface area contributed by atoms with Crippen molar-refractivity contribution in [3.05, 3.63) is 59.4 Å². The summed E-state index contributed by atoms with van der Waals surface area (Å²) in [5.74, 6) is -0.0692. The summed E-state index contributed by atoms with van der Waals surface area (Å²) in [7, 11) is 0. The second-order valence-corrected chi connectivity index (χ2v) is 4.11. The third kappa shape index (κ3) is 1.80. The topological polar surface area (TPSA) is 42.0 Å². The van der Waals surface area contributed by atoms with Gasteiger partial charge in [-0.1, -0.05) is 18.2 Å². The zero-order valence-electron chi connectivity index (χ0n) is 9.31. The van der Waals surface area contributed by atoms with Gasteiger partial charge in [-0.05, 0) is 36.6 Å². The van der Waals surface area contributed by atoms with Crippen molar-refractivity contribution in [3.8, 4) is 0 Å². The zero-order valence-corrected chi connectivity index (χ0v) is 9.31. The summed E-state index contributed by atoms with van der Waals surface area (Å²) in [5, 5.41) is 2.94. The largest absolute Gasteiger partial charge is 0.322 e. The Bertz CT molecular complexity index is 578. The normalized spacial score (nSPS) is 14.0. The first-order valence-electron chi connectivity index (χ1n) is 5.68. The van der Waals surface area contributed by atoms with Gasteiger partial charge in [0.25, 0.3) is 5.91 Å². The molecule has 3 rings (SSSR count). The Hall–Kier alpha value is -2.16. The highest BCUT2D eigenvalue weighted by atomic mass is 16.1. The number of anilines is 1. The van der Waals surface area contributed by atoms with Crippen LogP contribution in [0.5, 0.6) is 0 Å². The second kappa shape index (κ2) is 4.01. The lowest BCUT2D eigenvalue weighted by molar-refractivity contribution is 0.102. The van der Waals surface area contributed by atoms with Crippen molar-refractivity contribution >= 4 is 11.6 Å². The summed E-state index contributed by atoms with van der Waals surface area (Å²) in [6.45, 7) is 0. The average Bonchev–Trinajstić information content (AvgIpc) is 2.36. The van der Waals surface area contributed by atoms with E-state index in [9.17, 15) is 4.79 Å². The van der Waals surface area contributed by atoms with Crippen LogP contribution in [-0.2, 0) is 12.8 Å². The summed E-state index contributed by atoms with van der Waals surface area (Å²) in [6.07, 6.45) is 3.45. The van der Waals surface area contributed by atoms with Crippen LogP contribution in [0.3, 0.4) is 0 Å². The summed E-state index contributed by atoms with van der Waals surface area (Å²) in [4.78, 5) is 16.4. The Morgan fingerprint density at radius 3 is 2.88 bits per heavy atom. The van der Waals surface area contributed by atoms with Gasteiger partial charge in [-0.2, -0.15) is 0 Å². The average molecular weight is 224 g/mol. The fraction of sp³-hybridized carbons (Fsp3) is 0.143. The first kappa shape index (κ1) is 10.0. The molecule has 1 N–H and O–H groups in total. The molecule has 1 aliphatic rings. The third-order valence-electron chi connectivity index (χ3n) is 3.03. The maximum absolute atomic E-state index is 12.1. The van der Waals surface area contributed by atoms with Crippen molar-refractivity contribution in [1.82, 2.24) is 4.98 Å². The lowest BCUT2D eigenvalue weighted by Gasteiger charge is -2.16. The maximum Gasteiger partial charge on any atom is 0.257 e. The molecule has 0 saturated heterocycles. The summed E-state index contributed by atoms with van der Waals surface area (Å²) in [5.41, 5.74) is 3.63.